The fourth-order valence-electron chi connectivity index (χ4n) is 10.8. The van der Waals surface area contributed by atoms with Gasteiger partial charge in [0.05, 0.1) is 6.61 Å². The number of ketones is 1. The van der Waals surface area contributed by atoms with E-state index >= 15 is 0 Å². The summed E-state index contributed by atoms with van der Waals surface area (Å²) in [6, 6.07) is 0. The first-order chi connectivity index (χ1) is 17.9. The maximum Gasteiger partial charge on any atom is 0.302 e. The van der Waals surface area contributed by atoms with Crippen LogP contribution in [0.3, 0.4) is 0 Å². The van der Waals surface area contributed by atoms with Gasteiger partial charge in [-0.25, -0.2) is 0 Å². The van der Waals surface area contributed by atoms with E-state index in [1.54, 1.807) is 0 Å². The van der Waals surface area contributed by atoms with Gasteiger partial charge in [-0.3, -0.25) is 14.4 Å². The second kappa shape index (κ2) is 8.92. The van der Waals surface area contributed by atoms with Crippen LogP contribution in [0.4, 0.5) is 0 Å². The molecule has 4 saturated carbocycles. The first-order valence-corrected chi connectivity index (χ1v) is 15.5. The van der Waals surface area contributed by atoms with Crippen LogP contribution in [0.2, 0.25) is 0 Å². The maximum atomic E-state index is 14.4. The van der Waals surface area contributed by atoms with Gasteiger partial charge in [-0.15, -0.1) is 0 Å². The van der Waals surface area contributed by atoms with Crippen LogP contribution in [-0.4, -0.2) is 30.4 Å². The Balaban J connectivity index is 1.53. The Kier molecular flexibility index (Phi) is 6.60. The molecule has 0 N–H and O–H groups in total. The molecule has 0 heterocycles. The lowest BCUT2D eigenvalue weighted by Crippen LogP contribution is -2.65. The third kappa shape index (κ3) is 4.09. The normalized spacial score (nSPS) is 48.4. The highest BCUT2D eigenvalue weighted by Gasteiger charge is 2.69. The molecule has 9 atom stereocenters. The predicted molar refractivity (Wildman–Crippen MR) is 152 cm³/mol. The van der Waals surface area contributed by atoms with E-state index in [2.05, 4.69) is 54.5 Å². The number of fused-ring (bicyclic) bond motifs is 7. The number of carbonyl (C=O) groups is 3. The highest BCUT2D eigenvalue weighted by atomic mass is 16.5. The maximum absolute atomic E-state index is 14.4. The van der Waals surface area contributed by atoms with E-state index in [1.165, 1.54) is 19.4 Å². The van der Waals surface area contributed by atoms with Crippen molar-refractivity contribution in [1.82, 2.24) is 0 Å². The Bertz CT molecular complexity index is 1100. The molecule has 0 bridgehead atoms. The van der Waals surface area contributed by atoms with Gasteiger partial charge in [0, 0.05) is 37.0 Å². The Labute approximate surface area is 236 Å². The average Bonchev–Trinajstić information content (AvgIpc) is 2.83. The quantitative estimate of drug-likeness (QED) is 0.274. The fourth-order valence-corrected chi connectivity index (χ4v) is 10.8. The van der Waals surface area contributed by atoms with Gasteiger partial charge >= 0.3 is 11.9 Å². The zero-order valence-electron chi connectivity index (χ0n) is 26.0. The van der Waals surface area contributed by atoms with Crippen LogP contribution in [0.1, 0.15) is 120 Å². The zero-order chi connectivity index (χ0) is 28.8. The Morgan fingerprint density at radius 2 is 1.54 bits per heavy atom. The van der Waals surface area contributed by atoms with Gasteiger partial charge in [0.25, 0.3) is 0 Å². The van der Waals surface area contributed by atoms with E-state index in [-0.39, 0.29) is 62.4 Å². The van der Waals surface area contributed by atoms with Crippen LogP contribution in [0.25, 0.3) is 0 Å². The molecule has 0 aromatic rings. The molecule has 5 rings (SSSR count). The second-order valence-electron chi connectivity index (χ2n) is 16.2. The Morgan fingerprint density at radius 1 is 0.872 bits per heavy atom. The number of Topliss-reactive ketones (excluding diaryl/α,β-unsaturated/α-hetero) is 1. The van der Waals surface area contributed by atoms with Crippen molar-refractivity contribution < 1.29 is 23.9 Å². The average molecular weight is 541 g/mol. The van der Waals surface area contributed by atoms with Crippen molar-refractivity contribution >= 4 is 17.7 Å². The molecule has 39 heavy (non-hydrogen) atoms. The summed E-state index contributed by atoms with van der Waals surface area (Å²) in [5, 5.41) is 0. The molecule has 5 nitrogen and oxygen atoms in total. The minimum Gasteiger partial charge on any atom is -0.465 e. The molecule has 0 spiro atoms. The lowest BCUT2D eigenvalue weighted by Gasteiger charge is -2.70. The van der Waals surface area contributed by atoms with E-state index in [0.717, 1.165) is 51.4 Å². The first kappa shape index (κ1) is 28.9. The van der Waals surface area contributed by atoms with E-state index in [4.69, 9.17) is 9.47 Å². The van der Waals surface area contributed by atoms with Crippen molar-refractivity contribution in [3.63, 3.8) is 0 Å². The van der Waals surface area contributed by atoms with Gasteiger partial charge in [-0.2, -0.15) is 0 Å². The SMILES string of the molecule is CC(=O)OCC1(C)CCC2(C)CCC3(C)C4C(=O)CC5C(C)(CCC(OC(C)=O)C5(C)C)C4=CCC3(C)C2C1. The highest BCUT2D eigenvalue weighted by Crippen LogP contribution is 2.75. The summed E-state index contributed by atoms with van der Waals surface area (Å²) >= 11 is 0. The molecule has 5 aliphatic rings. The summed E-state index contributed by atoms with van der Waals surface area (Å²) in [6.45, 7) is 20.1. The standard InChI is InChI=1S/C34H52O5/c1-21(35)38-20-30(5)14-15-31(6)16-17-34(9)28-23(10-13-33(34,8)26(31)19-30)32(7)12-11-27(39-22(2)36)29(3,4)25(32)18-24(28)37/h10,25-28H,11-20H2,1-9H3. The van der Waals surface area contributed by atoms with Crippen LogP contribution < -0.4 is 0 Å². The molecule has 0 radical (unpaired) electrons. The summed E-state index contributed by atoms with van der Waals surface area (Å²) in [7, 11) is 0. The van der Waals surface area contributed by atoms with Gasteiger partial charge in [-0.1, -0.05) is 60.1 Å². The number of rotatable bonds is 3. The first-order valence-electron chi connectivity index (χ1n) is 15.5. The molecule has 5 aliphatic carbocycles. The number of hydrogen-bond donors (Lipinski definition) is 0. The van der Waals surface area contributed by atoms with E-state index in [0.29, 0.717) is 24.7 Å². The lowest BCUT2D eigenvalue weighted by atomic mass is 9.33. The summed E-state index contributed by atoms with van der Waals surface area (Å²) in [5.74, 6) is 0.583. The van der Waals surface area contributed by atoms with Gasteiger partial charge in [0.1, 0.15) is 11.9 Å². The molecular formula is C34H52O5. The van der Waals surface area contributed by atoms with Crippen LogP contribution in [0.15, 0.2) is 11.6 Å². The fraction of sp³-hybridized carbons (Fsp3) is 0.853. The molecule has 0 saturated heterocycles. The van der Waals surface area contributed by atoms with Gasteiger partial charge in [-0.05, 0) is 84.9 Å². The minimum atomic E-state index is -0.255. The third-order valence-electron chi connectivity index (χ3n) is 13.6. The van der Waals surface area contributed by atoms with Crippen LogP contribution in [0.5, 0.6) is 0 Å². The van der Waals surface area contributed by atoms with Crippen molar-refractivity contribution in [1.29, 1.82) is 0 Å². The van der Waals surface area contributed by atoms with Crippen LogP contribution >= 0.6 is 0 Å². The molecule has 0 aromatic heterocycles. The summed E-state index contributed by atoms with van der Waals surface area (Å²) in [5.41, 5.74) is 1.23. The zero-order valence-corrected chi connectivity index (χ0v) is 26.0. The lowest BCUT2D eigenvalue weighted by molar-refractivity contribution is -0.196. The van der Waals surface area contributed by atoms with E-state index in [1.807, 2.05) is 0 Å². The van der Waals surface area contributed by atoms with Crippen molar-refractivity contribution in [2.45, 2.75) is 126 Å². The summed E-state index contributed by atoms with van der Waals surface area (Å²) < 4.78 is 11.4. The molecule has 9 unspecified atom stereocenters. The number of carbonyl (C=O) groups excluding carboxylic acids is 3. The topological polar surface area (TPSA) is 69.7 Å². The molecule has 0 amide bonds. The van der Waals surface area contributed by atoms with Crippen LogP contribution in [-0.2, 0) is 23.9 Å². The number of ether oxygens (including phenoxy) is 2. The van der Waals surface area contributed by atoms with Gasteiger partial charge in [0.2, 0.25) is 0 Å². The minimum absolute atomic E-state index is 0.00931. The summed E-state index contributed by atoms with van der Waals surface area (Å²) in [6.07, 6.45) is 11.3. The largest absolute Gasteiger partial charge is 0.465 e. The smallest absolute Gasteiger partial charge is 0.302 e. The Hall–Kier alpha value is -1.65. The third-order valence-corrected chi connectivity index (χ3v) is 13.6. The van der Waals surface area contributed by atoms with Gasteiger partial charge < -0.3 is 9.47 Å². The molecular weight excluding hydrogens is 488 g/mol. The van der Waals surface area contributed by atoms with Crippen molar-refractivity contribution in [3.05, 3.63) is 11.6 Å². The molecule has 0 aromatic carbocycles. The predicted octanol–water partition coefficient (Wildman–Crippen LogP) is 7.46. The van der Waals surface area contributed by atoms with Gasteiger partial charge in [0.15, 0.2) is 0 Å². The molecule has 4 fully saturated rings. The second-order valence-corrected chi connectivity index (χ2v) is 16.2. The van der Waals surface area contributed by atoms with Crippen molar-refractivity contribution in [2.75, 3.05) is 6.61 Å². The van der Waals surface area contributed by atoms with E-state index in [9.17, 15) is 14.4 Å². The van der Waals surface area contributed by atoms with Crippen molar-refractivity contribution in [2.24, 2.45) is 50.2 Å². The Morgan fingerprint density at radius 3 is 2.18 bits per heavy atom. The van der Waals surface area contributed by atoms with Crippen LogP contribution in [0, 0.1) is 50.2 Å². The van der Waals surface area contributed by atoms with Crippen molar-refractivity contribution in [3.8, 4) is 0 Å². The number of hydrogen-bond acceptors (Lipinski definition) is 5. The van der Waals surface area contributed by atoms with E-state index < -0.39 is 0 Å². The number of allylic oxidation sites excluding steroid dienone is 2. The number of esters is 2. The molecule has 5 heteroatoms. The molecule has 218 valence electrons. The molecule has 0 aliphatic heterocycles. The summed E-state index contributed by atoms with van der Waals surface area (Å²) in [4.78, 5) is 38.0. The monoisotopic (exact) mass is 540 g/mol. The highest BCUT2D eigenvalue weighted by molar-refractivity contribution is 5.87.